The SMILES string of the molecule is O=C1/C(=C/c2ccc(-c3cccc(F)c3)o2)SC(=Nc2ccccc2)N1CCCN1CCOCC1. The van der Waals surface area contributed by atoms with Crippen LogP contribution in [0.15, 0.2) is 81.0 Å². The molecule has 6 nitrogen and oxygen atoms in total. The minimum Gasteiger partial charge on any atom is -0.457 e. The predicted octanol–water partition coefficient (Wildman–Crippen LogP) is 5.41. The fraction of sp³-hybridized carbons (Fsp3) is 0.259. The quantitative estimate of drug-likeness (QED) is 0.414. The van der Waals surface area contributed by atoms with Gasteiger partial charge in [0.1, 0.15) is 17.3 Å². The van der Waals surface area contributed by atoms with Gasteiger partial charge in [-0.05, 0) is 54.6 Å². The van der Waals surface area contributed by atoms with Crippen molar-refractivity contribution in [1.82, 2.24) is 9.80 Å². The number of carbonyl (C=O) groups is 1. The first-order valence-electron chi connectivity index (χ1n) is 11.7. The predicted molar refractivity (Wildman–Crippen MR) is 137 cm³/mol. The van der Waals surface area contributed by atoms with E-state index in [0.29, 0.717) is 33.7 Å². The summed E-state index contributed by atoms with van der Waals surface area (Å²) in [5, 5.41) is 0.659. The van der Waals surface area contributed by atoms with Crippen LogP contribution in [0.4, 0.5) is 10.1 Å². The van der Waals surface area contributed by atoms with E-state index in [-0.39, 0.29) is 11.7 Å². The number of aliphatic imine (C=N–C) groups is 1. The number of ether oxygens (including phenoxy) is 1. The van der Waals surface area contributed by atoms with Crippen molar-refractivity contribution in [2.24, 2.45) is 4.99 Å². The van der Waals surface area contributed by atoms with Crippen molar-refractivity contribution in [1.29, 1.82) is 0 Å². The van der Waals surface area contributed by atoms with Crippen LogP contribution in [-0.4, -0.2) is 60.3 Å². The van der Waals surface area contributed by atoms with Crippen LogP contribution < -0.4 is 0 Å². The van der Waals surface area contributed by atoms with Gasteiger partial charge in [0, 0.05) is 37.8 Å². The lowest BCUT2D eigenvalue weighted by Crippen LogP contribution is -2.38. The van der Waals surface area contributed by atoms with E-state index in [4.69, 9.17) is 14.1 Å². The summed E-state index contributed by atoms with van der Waals surface area (Å²) in [6.45, 7) is 4.85. The number of carbonyl (C=O) groups excluding carboxylic acids is 1. The Kier molecular flexibility index (Phi) is 7.42. The topological polar surface area (TPSA) is 58.3 Å². The number of rotatable bonds is 7. The van der Waals surface area contributed by atoms with Crippen LogP contribution >= 0.6 is 11.8 Å². The molecule has 0 saturated carbocycles. The molecule has 0 atom stereocenters. The summed E-state index contributed by atoms with van der Waals surface area (Å²) in [6.07, 6.45) is 2.58. The first-order valence-corrected chi connectivity index (χ1v) is 12.5. The number of thioether (sulfide) groups is 1. The molecule has 2 aliphatic rings. The summed E-state index contributed by atoms with van der Waals surface area (Å²) in [7, 11) is 0. The molecule has 35 heavy (non-hydrogen) atoms. The molecule has 3 heterocycles. The third kappa shape index (κ3) is 5.90. The van der Waals surface area contributed by atoms with Crippen LogP contribution in [0, 0.1) is 5.82 Å². The summed E-state index contributed by atoms with van der Waals surface area (Å²) >= 11 is 1.34. The standard InChI is InChI=1S/C27H26FN3O3S/c28-21-7-4-6-20(18-21)24-11-10-23(34-24)19-25-26(32)31(13-5-12-30-14-16-33-17-15-30)27(35-25)29-22-8-2-1-3-9-22/h1-4,6-11,18-19H,5,12-17H2/b25-19-,29-27?. The van der Waals surface area contributed by atoms with Crippen LogP contribution in [0.5, 0.6) is 0 Å². The molecule has 0 unspecified atom stereocenters. The van der Waals surface area contributed by atoms with Gasteiger partial charge in [0.05, 0.1) is 23.8 Å². The molecular weight excluding hydrogens is 465 g/mol. The van der Waals surface area contributed by atoms with Gasteiger partial charge in [-0.1, -0.05) is 30.3 Å². The average Bonchev–Trinajstić information content (AvgIpc) is 3.46. The summed E-state index contributed by atoms with van der Waals surface area (Å²) in [5.41, 5.74) is 1.45. The second-order valence-corrected chi connectivity index (χ2v) is 9.33. The highest BCUT2D eigenvalue weighted by molar-refractivity contribution is 8.18. The second kappa shape index (κ2) is 11.0. The van der Waals surface area contributed by atoms with Gasteiger partial charge in [-0.25, -0.2) is 9.38 Å². The first-order chi connectivity index (χ1) is 17.2. The van der Waals surface area contributed by atoms with E-state index >= 15 is 0 Å². The van der Waals surface area contributed by atoms with E-state index in [9.17, 15) is 9.18 Å². The number of hydrogen-bond acceptors (Lipinski definition) is 6. The number of hydrogen-bond donors (Lipinski definition) is 0. The highest BCUT2D eigenvalue weighted by atomic mass is 32.2. The molecule has 1 aromatic heterocycles. The fourth-order valence-electron chi connectivity index (χ4n) is 4.04. The van der Waals surface area contributed by atoms with Crippen LogP contribution in [0.3, 0.4) is 0 Å². The Labute approximate surface area is 208 Å². The Morgan fingerprint density at radius 3 is 2.63 bits per heavy atom. The van der Waals surface area contributed by atoms with Gasteiger partial charge in [-0.3, -0.25) is 14.6 Å². The maximum Gasteiger partial charge on any atom is 0.266 e. The second-order valence-electron chi connectivity index (χ2n) is 8.32. The zero-order chi connectivity index (χ0) is 24.0. The molecule has 180 valence electrons. The summed E-state index contributed by atoms with van der Waals surface area (Å²) < 4.78 is 24.9. The zero-order valence-corrected chi connectivity index (χ0v) is 20.0. The molecule has 8 heteroatoms. The summed E-state index contributed by atoms with van der Waals surface area (Å²) in [6, 6.07) is 19.4. The van der Waals surface area contributed by atoms with Gasteiger partial charge in [-0.2, -0.15) is 0 Å². The summed E-state index contributed by atoms with van der Waals surface area (Å²) in [4.78, 5) is 22.8. The largest absolute Gasteiger partial charge is 0.457 e. The van der Waals surface area contributed by atoms with E-state index in [2.05, 4.69) is 4.90 Å². The van der Waals surface area contributed by atoms with Crippen molar-refractivity contribution in [3.05, 3.63) is 83.2 Å². The number of halogens is 1. The van der Waals surface area contributed by atoms with Crippen molar-refractivity contribution in [2.75, 3.05) is 39.4 Å². The zero-order valence-electron chi connectivity index (χ0n) is 19.2. The molecule has 2 aromatic carbocycles. The molecule has 2 saturated heterocycles. The maximum absolute atomic E-state index is 13.6. The third-order valence-corrected chi connectivity index (χ3v) is 6.84. The molecule has 5 rings (SSSR count). The number of amidine groups is 1. The monoisotopic (exact) mass is 491 g/mol. The van der Waals surface area contributed by atoms with E-state index in [1.54, 1.807) is 35.2 Å². The van der Waals surface area contributed by atoms with Crippen molar-refractivity contribution in [3.63, 3.8) is 0 Å². The lowest BCUT2D eigenvalue weighted by molar-refractivity contribution is -0.122. The van der Waals surface area contributed by atoms with Gasteiger partial charge < -0.3 is 9.15 Å². The van der Waals surface area contributed by atoms with Gasteiger partial charge in [0.25, 0.3) is 5.91 Å². The molecule has 0 aliphatic carbocycles. The van der Waals surface area contributed by atoms with Gasteiger partial charge in [0.15, 0.2) is 5.17 Å². The molecule has 0 radical (unpaired) electrons. The Bertz CT molecular complexity index is 1240. The average molecular weight is 492 g/mol. The normalized spacial score (nSPS) is 19.2. The van der Waals surface area contributed by atoms with Crippen LogP contribution in [0.2, 0.25) is 0 Å². The number of amides is 1. The van der Waals surface area contributed by atoms with E-state index < -0.39 is 0 Å². The van der Waals surface area contributed by atoms with Crippen molar-refractivity contribution >= 4 is 34.6 Å². The Morgan fingerprint density at radius 1 is 1.00 bits per heavy atom. The third-order valence-electron chi connectivity index (χ3n) is 5.84. The molecule has 0 N–H and O–H groups in total. The Morgan fingerprint density at radius 2 is 1.83 bits per heavy atom. The van der Waals surface area contributed by atoms with Crippen LogP contribution in [-0.2, 0) is 9.53 Å². The van der Waals surface area contributed by atoms with Crippen LogP contribution in [0.25, 0.3) is 17.4 Å². The number of morpholine rings is 1. The highest BCUT2D eigenvalue weighted by Gasteiger charge is 2.33. The van der Waals surface area contributed by atoms with Gasteiger partial charge in [-0.15, -0.1) is 0 Å². The van der Waals surface area contributed by atoms with Crippen molar-refractivity contribution < 1.29 is 18.3 Å². The molecule has 2 fully saturated rings. The smallest absolute Gasteiger partial charge is 0.266 e. The van der Waals surface area contributed by atoms with E-state index in [0.717, 1.165) is 45.0 Å². The maximum atomic E-state index is 13.6. The molecular formula is C27H26FN3O3S. The minimum absolute atomic E-state index is 0.0876. The molecule has 0 spiro atoms. The molecule has 0 bridgehead atoms. The highest BCUT2D eigenvalue weighted by Crippen LogP contribution is 2.35. The van der Waals surface area contributed by atoms with E-state index in [1.807, 2.05) is 30.3 Å². The number of para-hydroxylation sites is 1. The van der Waals surface area contributed by atoms with Crippen LogP contribution in [0.1, 0.15) is 12.2 Å². The number of nitrogens with zero attached hydrogens (tertiary/aromatic N) is 3. The lowest BCUT2D eigenvalue weighted by Gasteiger charge is -2.27. The summed E-state index contributed by atoms with van der Waals surface area (Å²) in [5.74, 6) is 0.673. The number of benzene rings is 2. The first kappa shape index (κ1) is 23.5. The van der Waals surface area contributed by atoms with Crippen molar-refractivity contribution in [3.8, 4) is 11.3 Å². The molecule has 2 aliphatic heterocycles. The Balaban J connectivity index is 1.35. The minimum atomic E-state index is -0.324. The molecule has 1 amide bonds. The van der Waals surface area contributed by atoms with E-state index in [1.165, 1.54) is 23.9 Å². The number of furan rings is 1. The van der Waals surface area contributed by atoms with Gasteiger partial charge >= 0.3 is 0 Å². The van der Waals surface area contributed by atoms with Gasteiger partial charge in [0.2, 0.25) is 0 Å². The fourth-order valence-corrected chi connectivity index (χ4v) is 5.04. The lowest BCUT2D eigenvalue weighted by atomic mass is 10.2. The molecule has 3 aromatic rings. The van der Waals surface area contributed by atoms with Crippen molar-refractivity contribution in [2.45, 2.75) is 6.42 Å². The Hall–Kier alpha value is -3.20.